The molecule has 2 aromatic rings. The second-order valence-electron chi connectivity index (χ2n) is 4.70. The molecule has 6 nitrogen and oxygen atoms in total. The molecule has 2 rings (SSSR count). The molecule has 0 aliphatic rings. The Balaban J connectivity index is 1.75. The number of carbonyl (C=O) groups excluding carboxylic acids is 1. The Hall–Kier alpha value is -2.16. The highest BCUT2D eigenvalue weighted by Gasteiger charge is 2.16. The number of ether oxygens (including phenoxy) is 1. The van der Waals surface area contributed by atoms with Crippen LogP contribution in [0, 0.1) is 11.6 Å². The summed E-state index contributed by atoms with van der Waals surface area (Å²) in [6, 6.07) is 2.93. The molecule has 0 radical (unpaired) electrons. The van der Waals surface area contributed by atoms with E-state index in [9.17, 15) is 13.6 Å². The Bertz CT molecular complexity index is 681. The fourth-order valence-electron chi connectivity index (χ4n) is 1.68. The summed E-state index contributed by atoms with van der Waals surface area (Å²) in [5, 5.41) is 11.1. The lowest BCUT2D eigenvalue weighted by Crippen LogP contribution is -2.37. The van der Waals surface area contributed by atoms with Crippen molar-refractivity contribution in [1.29, 1.82) is 0 Å². The van der Waals surface area contributed by atoms with Crippen molar-refractivity contribution in [3.05, 3.63) is 36.2 Å². The molecule has 0 saturated carbocycles. The van der Waals surface area contributed by atoms with Crippen molar-refractivity contribution < 1.29 is 18.3 Å². The Morgan fingerprint density at radius 2 is 2.26 bits per heavy atom. The average Bonchev–Trinajstić information content (AvgIpc) is 2.91. The van der Waals surface area contributed by atoms with Gasteiger partial charge in [-0.15, -0.1) is 10.2 Å². The zero-order chi connectivity index (χ0) is 16.8. The third kappa shape index (κ3) is 4.92. The molecule has 1 atom stereocenters. The molecule has 1 amide bonds. The van der Waals surface area contributed by atoms with E-state index in [-0.39, 0.29) is 11.7 Å². The van der Waals surface area contributed by atoms with Gasteiger partial charge in [-0.2, -0.15) is 0 Å². The number of rotatable bonds is 7. The molecule has 0 spiro atoms. The largest absolute Gasteiger partial charge is 0.478 e. The Kier molecular flexibility index (Phi) is 5.91. The minimum Gasteiger partial charge on any atom is -0.478 e. The summed E-state index contributed by atoms with van der Waals surface area (Å²) in [6.45, 7) is 1.89. The van der Waals surface area contributed by atoms with Crippen LogP contribution in [-0.2, 0) is 11.8 Å². The van der Waals surface area contributed by atoms with Crippen LogP contribution in [0.1, 0.15) is 6.92 Å². The lowest BCUT2D eigenvalue weighted by molar-refractivity contribution is -0.127. The van der Waals surface area contributed by atoms with Crippen LogP contribution in [0.2, 0.25) is 0 Å². The standard InChI is InChI=1S/C14H16F2N4O2S/c1-9(22-12-4-3-10(15)7-11(12)16)13(21)17-5-6-23-14-19-18-8-20(14)2/h3-4,7-9H,5-6H2,1-2H3,(H,17,21)/t9-/m0/s1. The lowest BCUT2D eigenvalue weighted by Gasteiger charge is -2.15. The number of aromatic nitrogens is 3. The number of hydrogen-bond acceptors (Lipinski definition) is 5. The molecule has 0 saturated heterocycles. The van der Waals surface area contributed by atoms with Gasteiger partial charge in [0.1, 0.15) is 12.1 Å². The zero-order valence-corrected chi connectivity index (χ0v) is 13.4. The molecule has 0 aliphatic carbocycles. The maximum atomic E-state index is 13.5. The number of aryl methyl sites for hydroxylation is 1. The van der Waals surface area contributed by atoms with Crippen molar-refractivity contribution in [3.8, 4) is 5.75 Å². The number of amides is 1. The SMILES string of the molecule is C[C@H](Oc1ccc(F)cc1F)C(=O)NCCSc1nncn1C. The van der Waals surface area contributed by atoms with Gasteiger partial charge in [0.25, 0.3) is 5.91 Å². The number of nitrogens with one attached hydrogen (secondary N) is 1. The minimum absolute atomic E-state index is 0.164. The van der Waals surface area contributed by atoms with Gasteiger partial charge < -0.3 is 14.6 Å². The van der Waals surface area contributed by atoms with Crippen LogP contribution in [0.3, 0.4) is 0 Å². The highest BCUT2D eigenvalue weighted by molar-refractivity contribution is 7.99. The van der Waals surface area contributed by atoms with Gasteiger partial charge >= 0.3 is 0 Å². The van der Waals surface area contributed by atoms with Crippen molar-refractivity contribution in [2.45, 2.75) is 18.2 Å². The van der Waals surface area contributed by atoms with Gasteiger partial charge in [-0.1, -0.05) is 11.8 Å². The van der Waals surface area contributed by atoms with Gasteiger partial charge in [0.05, 0.1) is 0 Å². The van der Waals surface area contributed by atoms with Crippen molar-refractivity contribution in [3.63, 3.8) is 0 Å². The van der Waals surface area contributed by atoms with Gasteiger partial charge in [0.2, 0.25) is 0 Å². The predicted octanol–water partition coefficient (Wildman–Crippen LogP) is 1.77. The molecule has 1 aromatic carbocycles. The van der Waals surface area contributed by atoms with Crippen LogP contribution in [0.5, 0.6) is 5.75 Å². The van der Waals surface area contributed by atoms with E-state index >= 15 is 0 Å². The average molecular weight is 342 g/mol. The summed E-state index contributed by atoms with van der Waals surface area (Å²) < 4.78 is 33.2. The molecule has 9 heteroatoms. The topological polar surface area (TPSA) is 69.0 Å². The Morgan fingerprint density at radius 1 is 1.48 bits per heavy atom. The van der Waals surface area contributed by atoms with E-state index in [0.29, 0.717) is 18.4 Å². The summed E-state index contributed by atoms with van der Waals surface area (Å²) in [4.78, 5) is 11.9. The molecule has 1 aromatic heterocycles. The lowest BCUT2D eigenvalue weighted by atomic mass is 10.3. The minimum atomic E-state index is -0.894. The van der Waals surface area contributed by atoms with E-state index in [2.05, 4.69) is 15.5 Å². The van der Waals surface area contributed by atoms with Crippen LogP contribution in [-0.4, -0.2) is 39.1 Å². The van der Waals surface area contributed by atoms with E-state index in [1.54, 1.807) is 10.9 Å². The molecule has 0 aliphatic heterocycles. The normalized spacial score (nSPS) is 12.0. The second kappa shape index (κ2) is 7.91. The van der Waals surface area contributed by atoms with Crippen LogP contribution in [0.15, 0.2) is 29.7 Å². The number of carbonyl (C=O) groups is 1. The fourth-order valence-corrected chi connectivity index (χ4v) is 2.42. The monoisotopic (exact) mass is 342 g/mol. The first kappa shape index (κ1) is 17.2. The number of hydrogen-bond donors (Lipinski definition) is 1. The molecule has 0 fully saturated rings. The van der Waals surface area contributed by atoms with E-state index in [4.69, 9.17) is 4.74 Å². The molecule has 23 heavy (non-hydrogen) atoms. The zero-order valence-electron chi connectivity index (χ0n) is 12.6. The van der Waals surface area contributed by atoms with Crippen LogP contribution >= 0.6 is 11.8 Å². The highest BCUT2D eigenvalue weighted by atomic mass is 32.2. The molecule has 124 valence electrons. The number of nitrogens with zero attached hydrogens (tertiary/aromatic N) is 3. The first-order valence-corrected chi connectivity index (χ1v) is 7.82. The Labute approximate surface area is 136 Å². The van der Waals surface area contributed by atoms with Gasteiger partial charge in [-0.3, -0.25) is 4.79 Å². The summed E-state index contributed by atoms with van der Waals surface area (Å²) in [7, 11) is 1.83. The van der Waals surface area contributed by atoms with Gasteiger partial charge in [0, 0.05) is 25.4 Å². The molecule has 1 N–H and O–H groups in total. The molecule has 0 bridgehead atoms. The van der Waals surface area contributed by atoms with Crippen LogP contribution in [0.4, 0.5) is 8.78 Å². The smallest absolute Gasteiger partial charge is 0.260 e. The van der Waals surface area contributed by atoms with Crippen molar-refractivity contribution >= 4 is 17.7 Å². The van der Waals surface area contributed by atoms with E-state index in [1.165, 1.54) is 18.7 Å². The fraction of sp³-hybridized carbons (Fsp3) is 0.357. The predicted molar refractivity (Wildman–Crippen MR) is 81.2 cm³/mol. The summed E-state index contributed by atoms with van der Waals surface area (Å²) in [5.74, 6) is -1.49. The van der Waals surface area contributed by atoms with Crippen molar-refractivity contribution in [2.75, 3.05) is 12.3 Å². The summed E-state index contributed by atoms with van der Waals surface area (Å²) >= 11 is 1.45. The van der Waals surface area contributed by atoms with Crippen molar-refractivity contribution in [2.24, 2.45) is 7.05 Å². The number of benzene rings is 1. The molecule has 0 unspecified atom stereocenters. The van der Waals surface area contributed by atoms with Gasteiger partial charge in [-0.25, -0.2) is 8.78 Å². The first-order chi connectivity index (χ1) is 11.0. The summed E-state index contributed by atoms with van der Waals surface area (Å²) in [6.07, 6.45) is 0.698. The third-order valence-corrected chi connectivity index (χ3v) is 3.91. The molecular formula is C14H16F2N4O2S. The molecular weight excluding hydrogens is 326 g/mol. The quantitative estimate of drug-likeness (QED) is 0.613. The van der Waals surface area contributed by atoms with E-state index in [1.807, 2.05) is 7.05 Å². The highest BCUT2D eigenvalue weighted by Crippen LogP contribution is 2.19. The Morgan fingerprint density at radius 3 is 2.91 bits per heavy atom. The van der Waals surface area contributed by atoms with Crippen LogP contribution in [0.25, 0.3) is 0 Å². The summed E-state index contributed by atoms with van der Waals surface area (Å²) in [5.41, 5.74) is 0. The van der Waals surface area contributed by atoms with Gasteiger partial charge in [-0.05, 0) is 19.1 Å². The number of halogens is 2. The van der Waals surface area contributed by atoms with E-state index in [0.717, 1.165) is 17.3 Å². The van der Waals surface area contributed by atoms with E-state index < -0.39 is 17.7 Å². The number of thioether (sulfide) groups is 1. The molecule has 1 heterocycles. The van der Waals surface area contributed by atoms with Crippen molar-refractivity contribution in [1.82, 2.24) is 20.1 Å². The van der Waals surface area contributed by atoms with Crippen LogP contribution < -0.4 is 10.1 Å². The first-order valence-electron chi connectivity index (χ1n) is 6.83. The second-order valence-corrected chi connectivity index (χ2v) is 5.76. The third-order valence-electron chi connectivity index (χ3n) is 2.87. The maximum Gasteiger partial charge on any atom is 0.260 e. The van der Waals surface area contributed by atoms with Gasteiger partial charge in [0.15, 0.2) is 22.8 Å². The maximum absolute atomic E-state index is 13.5.